The van der Waals surface area contributed by atoms with E-state index in [1.807, 2.05) is 0 Å². The van der Waals surface area contributed by atoms with Crippen molar-refractivity contribution in [3.05, 3.63) is 33.9 Å². The van der Waals surface area contributed by atoms with E-state index in [0.29, 0.717) is 30.7 Å². The first-order valence-corrected chi connectivity index (χ1v) is 7.92. The maximum Gasteiger partial charge on any atom is 0.270 e. The van der Waals surface area contributed by atoms with Crippen LogP contribution >= 0.6 is 12.4 Å². The lowest BCUT2D eigenvalue weighted by molar-refractivity contribution is -0.384. The fraction of sp³-hybridized carbons (Fsp3) is 0.562. The number of carbonyl (C=O) groups excluding carboxylic acids is 1. The third-order valence-electron chi connectivity index (χ3n) is 4.93. The smallest absolute Gasteiger partial charge is 0.270 e. The molecule has 0 aromatic heterocycles. The molecule has 0 bridgehead atoms. The van der Waals surface area contributed by atoms with E-state index in [-0.39, 0.29) is 29.6 Å². The Morgan fingerprint density at radius 2 is 1.92 bits per heavy atom. The van der Waals surface area contributed by atoms with Crippen molar-refractivity contribution in [2.45, 2.75) is 12.8 Å². The first kappa shape index (κ1) is 18.5. The molecule has 0 unspecified atom stereocenters. The molecule has 1 aromatic carbocycles. The number of likely N-dealkylation sites (tertiary alicyclic amines) is 1. The number of hydrogen-bond donors (Lipinski definition) is 1. The van der Waals surface area contributed by atoms with Gasteiger partial charge in [0.1, 0.15) is 5.75 Å². The topological polar surface area (TPSA) is 84.7 Å². The highest BCUT2D eigenvalue weighted by molar-refractivity contribution is 5.97. The van der Waals surface area contributed by atoms with Crippen molar-refractivity contribution < 1.29 is 14.5 Å². The minimum atomic E-state index is -0.491. The van der Waals surface area contributed by atoms with Gasteiger partial charge in [-0.2, -0.15) is 0 Å². The van der Waals surface area contributed by atoms with Gasteiger partial charge in [0.05, 0.1) is 17.6 Å². The highest BCUT2D eigenvalue weighted by atomic mass is 35.5. The van der Waals surface area contributed by atoms with Crippen molar-refractivity contribution in [2.75, 3.05) is 33.3 Å². The summed E-state index contributed by atoms with van der Waals surface area (Å²) in [6.07, 6.45) is 1.95. The molecule has 2 aliphatic rings. The molecule has 2 fully saturated rings. The normalized spacial score (nSPS) is 23.0. The second-order valence-electron chi connectivity index (χ2n) is 6.19. The van der Waals surface area contributed by atoms with Crippen molar-refractivity contribution in [1.29, 1.82) is 0 Å². The molecular formula is C16H22ClN3O4. The number of nitrogens with zero attached hydrogens (tertiary/aromatic N) is 2. The Hall–Kier alpha value is -1.86. The molecule has 1 aromatic rings. The third kappa shape index (κ3) is 3.62. The molecule has 2 heterocycles. The molecule has 24 heavy (non-hydrogen) atoms. The van der Waals surface area contributed by atoms with Gasteiger partial charge in [0.2, 0.25) is 0 Å². The van der Waals surface area contributed by atoms with Crippen molar-refractivity contribution >= 4 is 24.0 Å². The molecule has 0 radical (unpaired) electrons. The number of nitro groups is 1. The Bertz CT molecular complexity index is 611. The summed E-state index contributed by atoms with van der Waals surface area (Å²) in [7, 11) is 1.47. The summed E-state index contributed by atoms with van der Waals surface area (Å²) in [5.74, 6) is 1.45. The zero-order valence-electron chi connectivity index (χ0n) is 13.6. The van der Waals surface area contributed by atoms with Gasteiger partial charge in [-0.15, -0.1) is 12.4 Å². The van der Waals surface area contributed by atoms with Crippen LogP contribution in [0.25, 0.3) is 0 Å². The van der Waals surface area contributed by atoms with Crippen LogP contribution in [-0.4, -0.2) is 49.0 Å². The number of ether oxygens (including phenoxy) is 1. The molecule has 132 valence electrons. The number of carbonyl (C=O) groups is 1. The summed E-state index contributed by atoms with van der Waals surface area (Å²) in [5, 5.41) is 14.4. The number of amides is 1. The molecule has 0 aliphatic carbocycles. The van der Waals surface area contributed by atoms with Crippen LogP contribution in [0, 0.1) is 22.0 Å². The van der Waals surface area contributed by atoms with Crippen LogP contribution in [0.2, 0.25) is 0 Å². The minimum absolute atomic E-state index is 0. The molecule has 0 spiro atoms. The van der Waals surface area contributed by atoms with Gasteiger partial charge in [-0.1, -0.05) is 0 Å². The van der Waals surface area contributed by atoms with Crippen LogP contribution in [-0.2, 0) is 0 Å². The molecule has 3 rings (SSSR count). The van der Waals surface area contributed by atoms with E-state index in [4.69, 9.17) is 4.74 Å². The van der Waals surface area contributed by atoms with Gasteiger partial charge in [-0.05, 0) is 43.8 Å². The van der Waals surface area contributed by atoms with E-state index in [0.717, 1.165) is 25.9 Å². The van der Waals surface area contributed by atoms with Crippen LogP contribution in [0.1, 0.15) is 23.2 Å². The van der Waals surface area contributed by atoms with Gasteiger partial charge < -0.3 is 15.0 Å². The van der Waals surface area contributed by atoms with Gasteiger partial charge in [0.25, 0.3) is 11.6 Å². The highest BCUT2D eigenvalue weighted by Gasteiger charge is 2.32. The van der Waals surface area contributed by atoms with Gasteiger partial charge in [-0.3, -0.25) is 14.9 Å². The van der Waals surface area contributed by atoms with Gasteiger partial charge in [0.15, 0.2) is 0 Å². The summed E-state index contributed by atoms with van der Waals surface area (Å²) < 4.78 is 5.22. The lowest BCUT2D eigenvalue weighted by Gasteiger charge is -2.22. The Labute approximate surface area is 146 Å². The molecule has 2 saturated heterocycles. The molecule has 1 amide bonds. The zero-order valence-corrected chi connectivity index (χ0v) is 14.4. The Morgan fingerprint density at radius 1 is 1.29 bits per heavy atom. The van der Waals surface area contributed by atoms with Crippen molar-refractivity contribution in [2.24, 2.45) is 11.8 Å². The predicted molar refractivity (Wildman–Crippen MR) is 91.9 cm³/mol. The highest BCUT2D eigenvalue weighted by Crippen LogP contribution is 2.30. The first-order chi connectivity index (χ1) is 11.1. The SMILES string of the molecule is COc1ccc([N+](=O)[O-])cc1C(=O)N1CC[C@@H]2CNC[C@@H]2CC1.Cl. The number of nitro benzene ring substituents is 1. The number of rotatable bonds is 3. The minimum Gasteiger partial charge on any atom is -0.496 e. The number of methoxy groups -OCH3 is 1. The van der Waals surface area contributed by atoms with Crippen LogP contribution in [0.3, 0.4) is 0 Å². The Kier molecular flexibility index (Phi) is 6.01. The maximum atomic E-state index is 12.8. The van der Waals surface area contributed by atoms with E-state index in [1.165, 1.54) is 25.3 Å². The first-order valence-electron chi connectivity index (χ1n) is 7.92. The number of nitrogens with one attached hydrogen (secondary N) is 1. The van der Waals surface area contributed by atoms with Crippen molar-refractivity contribution in [3.8, 4) is 5.75 Å². The monoisotopic (exact) mass is 355 g/mol. The average Bonchev–Trinajstić information content (AvgIpc) is 2.92. The van der Waals surface area contributed by atoms with Crippen LogP contribution in [0.15, 0.2) is 18.2 Å². The molecule has 0 saturated carbocycles. The average molecular weight is 356 g/mol. The van der Waals surface area contributed by atoms with Gasteiger partial charge in [-0.25, -0.2) is 0 Å². The predicted octanol–water partition coefficient (Wildman–Crippen LogP) is 2.10. The van der Waals surface area contributed by atoms with Crippen LogP contribution in [0.4, 0.5) is 5.69 Å². The summed E-state index contributed by atoms with van der Waals surface area (Å²) in [5.41, 5.74) is 0.178. The van der Waals surface area contributed by atoms with Crippen molar-refractivity contribution in [1.82, 2.24) is 10.2 Å². The molecule has 2 aliphatic heterocycles. The number of non-ortho nitro benzene ring substituents is 1. The largest absolute Gasteiger partial charge is 0.496 e. The second-order valence-corrected chi connectivity index (χ2v) is 6.19. The molecule has 1 N–H and O–H groups in total. The fourth-order valence-corrected chi connectivity index (χ4v) is 3.57. The fourth-order valence-electron chi connectivity index (χ4n) is 3.57. The second kappa shape index (κ2) is 7.81. The standard InChI is InChI=1S/C16H21N3O4.ClH/c1-23-15-3-2-13(19(21)22)8-14(15)16(20)18-6-4-11-9-17-10-12(11)5-7-18;/h2-3,8,11-12,17H,4-7,9-10H2,1H3;1H/t11-,12+;. The maximum absolute atomic E-state index is 12.8. The quantitative estimate of drug-likeness (QED) is 0.663. The van der Waals surface area contributed by atoms with Crippen LogP contribution in [0.5, 0.6) is 5.75 Å². The number of hydrogen-bond acceptors (Lipinski definition) is 5. The van der Waals surface area contributed by atoms with Crippen LogP contribution < -0.4 is 10.1 Å². The van der Waals surface area contributed by atoms with E-state index in [1.54, 1.807) is 4.90 Å². The number of halogens is 1. The van der Waals surface area contributed by atoms with Crippen molar-refractivity contribution in [3.63, 3.8) is 0 Å². The Morgan fingerprint density at radius 3 is 2.46 bits per heavy atom. The van der Waals surface area contributed by atoms with Gasteiger partial charge >= 0.3 is 0 Å². The Balaban J connectivity index is 0.00000208. The van der Waals surface area contributed by atoms with Gasteiger partial charge in [0, 0.05) is 25.2 Å². The summed E-state index contributed by atoms with van der Waals surface area (Å²) >= 11 is 0. The summed E-state index contributed by atoms with van der Waals surface area (Å²) in [6, 6.07) is 4.16. The van der Waals surface area contributed by atoms with E-state index in [2.05, 4.69) is 5.32 Å². The van der Waals surface area contributed by atoms with E-state index in [9.17, 15) is 14.9 Å². The molecule has 7 nitrogen and oxygen atoms in total. The number of benzene rings is 1. The third-order valence-corrected chi connectivity index (χ3v) is 4.93. The van der Waals surface area contributed by atoms with E-state index >= 15 is 0 Å². The molecule has 8 heteroatoms. The molecule has 2 atom stereocenters. The summed E-state index contributed by atoms with van der Waals surface area (Å²) in [6.45, 7) is 3.42. The zero-order chi connectivity index (χ0) is 16.4. The lowest BCUT2D eigenvalue weighted by Crippen LogP contribution is -2.33. The summed E-state index contributed by atoms with van der Waals surface area (Å²) in [4.78, 5) is 25.1. The lowest BCUT2D eigenvalue weighted by atomic mass is 9.92. The number of fused-ring (bicyclic) bond motifs is 1. The van der Waals surface area contributed by atoms with E-state index < -0.39 is 4.92 Å². The molecular weight excluding hydrogens is 334 g/mol.